The fourth-order valence-electron chi connectivity index (χ4n) is 5.45. The van der Waals surface area contributed by atoms with Gasteiger partial charge in [0.2, 0.25) is 0 Å². The number of rotatable bonds is 5. The number of nitrogens with zero attached hydrogens (tertiary/aromatic N) is 4. The molecule has 31 heavy (non-hydrogen) atoms. The van der Waals surface area contributed by atoms with Crippen LogP contribution in [0.4, 0.5) is 0 Å². The van der Waals surface area contributed by atoms with Crippen LogP contribution >= 0.6 is 11.3 Å². The SMILES string of the molecule is O=C(c1nn(CC2CCOCC2)c2c1CCc1sccc1-2)N1CCN(CC2CC2)CC1. The van der Waals surface area contributed by atoms with E-state index in [1.165, 1.54) is 41.1 Å². The normalized spacial score (nSPS) is 22.4. The van der Waals surface area contributed by atoms with Crippen molar-refractivity contribution in [2.75, 3.05) is 45.9 Å². The third-order valence-electron chi connectivity index (χ3n) is 7.50. The van der Waals surface area contributed by atoms with Crippen LogP contribution in [0.15, 0.2) is 11.4 Å². The summed E-state index contributed by atoms with van der Waals surface area (Å²) in [6.07, 6.45) is 6.90. The Bertz CT molecular complexity index is 949. The minimum absolute atomic E-state index is 0.145. The Morgan fingerprint density at radius 1 is 1.03 bits per heavy atom. The molecular formula is C24H32N4O2S. The molecule has 6 nitrogen and oxygen atoms in total. The lowest BCUT2D eigenvalue weighted by molar-refractivity contribution is 0.0591. The number of aryl methyl sites for hydroxylation is 1. The first-order valence-corrected chi connectivity index (χ1v) is 12.9. The molecule has 0 aromatic carbocycles. The zero-order valence-electron chi connectivity index (χ0n) is 18.2. The summed E-state index contributed by atoms with van der Waals surface area (Å²) in [6.45, 7) is 7.46. The van der Waals surface area contributed by atoms with Crippen molar-refractivity contribution in [3.63, 3.8) is 0 Å². The second-order valence-corrected chi connectivity index (χ2v) is 10.7. The first kappa shape index (κ1) is 19.9. The summed E-state index contributed by atoms with van der Waals surface area (Å²) in [5, 5.41) is 7.18. The Labute approximate surface area is 188 Å². The molecule has 0 unspecified atom stereocenters. The van der Waals surface area contributed by atoms with Gasteiger partial charge in [-0.15, -0.1) is 11.3 Å². The first-order chi connectivity index (χ1) is 15.3. The van der Waals surface area contributed by atoms with Crippen LogP contribution in [0, 0.1) is 11.8 Å². The van der Waals surface area contributed by atoms with Crippen LogP contribution in [0.3, 0.4) is 0 Å². The van der Waals surface area contributed by atoms with E-state index in [0.717, 1.165) is 83.2 Å². The largest absolute Gasteiger partial charge is 0.381 e. The van der Waals surface area contributed by atoms with Gasteiger partial charge >= 0.3 is 0 Å². The summed E-state index contributed by atoms with van der Waals surface area (Å²) >= 11 is 1.84. The lowest BCUT2D eigenvalue weighted by atomic mass is 9.93. The maximum Gasteiger partial charge on any atom is 0.274 e. The van der Waals surface area contributed by atoms with E-state index >= 15 is 0 Å². The maximum absolute atomic E-state index is 13.6. The number of fused-ring (bicyclic) bond motifs is 3. The highest BCUT2D eigenvalue weighted by Gasteiger charge is 2.33. The van der Waals surface area contributed by atoms with Gasteiger partial charge in [0.15, 0.2) is 5.69 Å². The highest BCUT2D eigenvalue weighted by molar-refractivity contribution is 7.10. The summed E-state index contributed by atoms with van der Waals surface area (Å²) in [6, 6.07) is 2.23. The van der Waals surface area contributed by atoms with E-state index < -0.39 is 0 Å². The van der Waals surface area contributed by atoms with Crippen LogP contribution in [-0.2, 0) is 24.1 Å². The van der Waals surface area contributed by atoms with Gasteiger partial charge in [0.25, 0.3) is 5.91 Å². The summed E-state index contributed by atoms with van der Waals surface area (Å²) in [7, 11) is 0. The van der Waals surface area contributed by atoms with Crippen LogP contribution in [0.25, 0.3) is 11.3 Å². The highest BCUT2D eigenvalue weighted by atomic mass is 32.1. The van der Waals surface area contributed by atoms with Crippen LogP contribution in [-0.4, -0.2) is 71.4 Å². The minimum atomic E-state index is 0.145. The predicted octanol–water partition coefficient (Wildman–Crippen LogP) is 3.30. The van der Waals surface area contributed by atoms with E-state index in [4.69, 9.17) is 9.84 Å². The molecule has 0 bridgehead atoms. The van der Waals surface area contributed by atoms with Crippen LogP contribution < -0.4 is 0 Å². The molecule has 0 atom stereocenters. The number of thiophene rings is 1. The molecule has 4 aliphatic rings. The highest BCUT2D eigenvalue weighted by Crippen LogP contribution is 2.39. The quantitative estimate of drug-likeness (QED) is 0.716. The standard InChI is InChI=1S/C24H32N4O2S/c29-24(27-10-8-26(9-11-27)15-17-1-2-17)22-20-3-4-21-19(7-14-31-21)23(20)28(25-22)16-18-5-12-30-13-6-18/h7,14,17-18H,1-6,8-13,15-16H2. The number of hydrogen-bond donors (Lipinski definition) is 0. The zero-order valence-corrected chi connectivity index (χ0v) is 19.0. The molecule has 3 fully saturated rings. The molecule has 2 aliphatic heterocycles. The maximum atomic E-state index is 13.6. The number of hydrogen-bond acceptors (Lipinski definition) is 5. The van der Waals surface area contributed by atoms with Crippen LogP contribution in [0.5, 0.6) is 0 Å². The van der Waals surface area contributed by atoms with E-state index in [-0.39, 0.29) is 5.91 Å². The Hall–Kier alpha value is -1.70. The average molecular weight is 441 g/mol. The van der Waals surface area contributed by atoms with Gasteiger partial charge < -0.3 is 9.64 Å². The fourth-order valence-corrected chi connectivity index (χ4v) is 6.33. The molecule has 0 radical (unpaired) electrons. The summed E-state index contributed by atoms with van der Waals surface area (Å²) in [5.41, 5.74) is 4.42. The monoisotopic (exact) mass is 440 g/mol. The van der Waals surface area contributed by atoms with Crippen molar-refractivity contribution in [2.24, 2.45) is 11.8 Å². The van der Waals surface area contributed by atoms with Gasteiger partial charge in [-0.25, -0.2) is 0 Å². The van der Waals surface area contributed by atoms with Gasteiger partial charge in [0.05, 0.1) is 5.69 Å². The fraction of sp³-hybridized carbons (Fsp3) is 0.667. The van der Waals surface area contributed by atoms with Gasteiger partial charge in [-0.3, -0.25) is 14.4 Å². The van der Waals surface area contributed by atoms with Crippen molar-refractivity contribution in [3.8, 4) is 11.3 Å². The topological polar surface area (TPSA) is 50.6 Å². The smallest absolute Gasteiger partial charge is 0.274 e. The van der Waals surface area contributed by atoms with Gasteiger partial charge in [-0.05, 0) is 61.8 Å². The third-order valence-corrected chi connectivity index (χ3v) is 8.48. The Morgan fingerprint density at radius 3 is 2.58 bits per heavy atom. The van der Waals surface area contributed by atoms with Gasteiger partial charge in [0, 0.05) is 68.5 Å². The molecule has 0 spiro atoms. The minimum Gasteiger partial charge on any atom is -0.381 e. The number of carbonyl (C=O) groups is 1. The predicted molar refractivity (Wildman–Crippen MR) is 122 cm³/mol. The number of ether oxygens (including phenoxy) is 1. The number of carbonyl (C=O) groups excluding carboxylic acids is 1. The lowest BCUT2D eigenvalue weighted by Crippen LogP contribution is -2.49. The Balaban J connectivity index is 1.26. The summed E-state index contributed by atoms with van der Waals surface area (Å²) < 4.78 is 7.73. The third kappa shape index (κ3) is 3.96. The van der Waals surface area contributed by atoms with Crippen molar-refractivity contribution in [2.45, 2.75) is 45.1 Å². The molecule has 166 valence electrons. The number of amides is 1. The molecule has 2 aromatic rings. The zero-order chi connectivity index (χ0) is 20.8. The van der Waals surface area contributed by atoms with Gasteiger partial charge in [-0.2, -0.15) is 5.10 Å². The number of aromatic nitrogens is 2. The molecule has 1 saturated carbocycles. The van der Waals surface area contributed by atoms with Crippen LogP contribution in [0.1, 0.15) is 46.6 Å². The van der Waals surface area contributed by atoms with Crippen molar-refractivity contribution < 1.29 is 9.53 Å². The molecule has 7 heteroatoms. The summed E-state index contributed by atoms with van der Waals surface area (Å²) in [5.74, 6) is 1.64. The molecular weight excluding hydrogens is 408 g/mol. The van der Waals surface area contributed by atoms with Crippen molar-refractivity contribution in [1.82, 2.24) is 19.6 Å². The second kappa shape index (κ2) is 8.34. The first-order valence-electron chi connectivity index (χ1n) is 12.0. The molecule has 2 aromatic heterocycles. The molecule has 6 rings (SSSR count). The average Bonchev–Trinajstić information content (AvgIpc) is 3.35. The Morgan fingerprint density at radius 2 is 1.81 bits per heavy atom. The second-order valence-electron chi connectivity index (χ2n) is 9.71. The summed E-state index contributed by atoms with van der Waals surface area (Å²) in [4.78, 5) is 19.6. The molecule has 2 saturated heterocycles. The van der Waals surface area contributed by atoms with E-state index in [1.54, 1.807) is 0 Å². The van der Waals surface area contributed by atoms with Crippen molar-refractivity contribution in [3.05, 3.63) is 27.6 Å². The van der Waals surface area contributed by atoms with E-state index in [9.17, 15) is 4.79 Å². The van der Waals surface area contributed by atoms with E-state index in [1.807, 2.05) is 16.2 Å². The van der Waals surface area contributed by atoms with E-state index in [2.05, 4.69) is 21.0 Å². The molecule has 0 N–H and O–H groups in total. The molecule has 4 heterocycles. The molecule has 2 aliphatic carbocycles. The van der Waals surface area contributed by atoms with E-state index in [0.29, 0.717) is 5.92 Å². The van der Waals surface area contributed by atoms with Crippen molar-refractivity contribution in [1.29, 1.82) is 0 Å². The van der Waals surface area contributed by atoms with Crippen LogP contribution in [0.2, 0.25) is 0 Å². The van der Waals surface area contributed by atoms with Crippen molar-refractivity contribution >= 4 is 17.2 Å². The van der Waals surface area contributed by atoms with Gasteiger partial charge in [-0.1, -0.05) is 0 Å². The Kier molecular flexibility index (Phi) is 5.36. The molecule has 1 amide bonds. The van der Waals surface area contributed by atoms with Gasteiger partial charge in [0.1, 0.15) is 0 Å². The lowest BCUT2D eigenvalue weighted by Gasteiger charge is -2.34. The number of piperazine rings is 1.